The molecule has 1 rings (SSSR count). The molecule has 1 N–H and O–H groups in total. The average Bonchev–Trinajstić information content (AvgIpc) is 2.25. The summed E-state index contributed by atoms with van der Waals surface area (Å²) in [5.74, 6) is -5.71. The van der Waals surface area contributed by atoms with E-state index in [9.17, 15) is 18.4 Å². The summed E-state index contributed by atoms with van der Waals surface area (Å²) in [6, 6.07) is -1.21. The zero-order chi connectivity index (χ0) is 9.35. The topological polar surface area (TPSA) is 55.4 Å². The molecule has 0 aromatic carbocycles. The fraction of sp³-hybridized carbons (Fsp3) is 0.667. The van der Waals surface area contributed by atoms with Crippen molar-refractivity contribution in [3.63, 3.8) is 0 Å². The average molecular weight is 179 g/mol. The zero-order valence-corrected chi connectivity index (χ0v) is 6.27. The highest BCUT2D eigenvalue weighted by atomic mass is 19.3. The van der Waals surface area contributed by atoms with E-state index >= 15 is 0 Å². The van der Waals surface area contributed by atoms with Crippen LogP contribution >= 0.6 is 0 Å². The Bertz CT molecular complexity index is 229. The maximum atomic E-state index is 12.5. The minimum atomic E-state index is -3.45. The van der Waals surface area contributed by atoms with Gasteiger partial charge in [0.2, 0.25) is 0 Å². The lowest BCUT2D eigenvalue weighted by molar-refractivity contribution is -0.143. The van der Waals surface area contributed by atoms with Crippen molar-refractivity contribution in [2.45, 2.75) is 18.4 Å². The quantitative estimate of drug-likeness (QED) is 0.561. The van der Waals surface area contributed by atoms with E-state index in [-0.39, 0.29) is 0 Å². The summed E-state index contributed by atoms with van der Waals surface area (Å²) >= 11 is 0. The van der Waals surface area contributed by atoms with E-state index < -0.39 is 30.3 Å². The minimum Gasteiger partial charge on any atom is -0.467 e. The van der Waals surface area contributed by atoms with E-state index in [2.05, 4.69) is 4.74 Å². The van der Waals surface area contributed by atoms with Gasteiger partial charge >= 0.3 is 11.9 Å². The SMILES string of the molecule is COC(=O)[C@@H]1CC(F)(F)C(=O)N1. The summed E-state index contributed by atoms with van der Waals surface area (Å²) < 4.78 is 29.1. The molecule has 0 unspecified atom stereocenters. The minimum absolute atomic E-state index is 0.821. The van der Waals surface area contributed by atoms with Gasteiger partial charge in [-0.15, -0.1) is 0 Å². The fourth-order valence-corrected chi connectivity index (χ4v) is 0.948. The van der Waals surface area contributed by atoms with Gasteiger partial charge in [-0.2, -0.15) is 8.78 Å². The van der Waals surface area contributed by atoms with Crippen LogP contribution in [0.5, 0.6) is 0 Å². The van der Waals surface area contributed by atoms with E-state index in [1.54, 1.807) is 0 Å². The number of hydrogen-bond donors (Lipinski definition) is 1. The third-order valence-corrected chi connectivity index (χ3v) is 1.58. The second-order valence-electron chi connectivity index (χ2n) is 2.46. The summed E-state index contributed by atoms with van der Waals surface area (Å²) in [5, 5.41) is 1.83. The molecule has 1 aliphatic rings. The predicted molar refractivity (Wildman–Crippen MR) is 33.5 cm³/mol. The summed E-state index contributed by atoms with van der Waals surface area (Å²) in [4.78, 5) is 21.1. The number of rotatable bonds is 1. The zero-order valence-electron chi connectivity index (χ0n) is 6.27. The summed E-state index contributed by atoms with van der Waals surface area (Å²) in [6.45, 7) is 0. The molecule has 4 nitrogen and oxygen atoms in total. The van der Waals surface area contributed by atoms with Crippen LogP contribution in [0, 0.1) is 0 Å². The molecular formula is C6H7F2NO3. The molecule has 0 bridgehead atoms. The molecule has 0 radical (unpaired) electrons. The van der Waals surface area contributed by atoms with Crippen molar-refractivity contribution >= 4 is 11.9 Å². The molecule has 1 atom stereocenters. The van der Waals surface area contributed by atoms with Crippen molar-refractivity contribution in [2.24, 2.45) is 0 Å². The van der Waals surface area contributed by atoms with Gasteiger partial charge in [0.15, 0.2) is 0 Å². The second-order valence-corrected chi connectivity index (χ2v) is 2.46. The van der Waals surface area contributed by atoms with Crippen molar-refractivity contribution in [2.75, 3.05) is 7.11 Å². The van der Waals surface area contributed by atoms with Gasteiger partial charge in [0.05, 0.1) is 13.5 Å². The number of ether oxygens (including phenoxy) is 1. The summed E-state index contributed by atoms with van der Waals surface area (Å²) in [7, 11) is 1.07. The number of nitrogens with one attached hydrogen (secondary N) is 1. The largest absolute Gasteiger partial charge is 0.467 e. The van der Waals surface area contributed by atoms with Gasteiger partial charge in [-0.3, -0.25) is 4.79 Å². The molecule has 1 aliphatic heterocycles. The molecule has 1 fully saturated rings. The number of carbonyl (C=O) groups is 2. The molecule has 1 heterocycles. The molecule has 12 heavy (non-hydrogen) atoms. The first-order chi connectivity index (χ1) is 5.47. The number of hydrogen-bond acceptors (Lipinski definition) is 3. The van der Waals surface area contributed by atoms with Gasteiger partial charge in [-0.05, 0) is 0 Å². The Morgan fingerprint density at radius 2 is 2.33 bits per heavy atom. The van der Waals surface area contributed by atoms with Gasteiger partial charge < -0.3 is 10.1 Å². The molecule has 1 saturated heterocycles. The number of carbonyl (C=O) groups excluding carboxylic acids is 2. The first kappa shape index (κ1) is 8.89. The van der Waals surface area contributed by atoms with Crippen LogP contribution in [-0.4, -0.2) is 31.0 Å². The summed E-state index contributed by atoms with van der Waals surface area (Å²) in [5.41, 5.74) is 0. The molecule has 0 spiro atoms. The Balaban J connectivity index is 2.67. The van der Waals surface area contributed by atoms with Crippen LogP contribution in [0.25, 0.3) is 0 Å². The number of halogens is 2. The van der Waals surface area contributed by atoms with E-state index in [0.717, 1.165) is 7.11 Å². The second kappa shape index (κ2) is 2.69. The Kier molecular flexibility index (Phi) is 1.99. The highest BCUT2D eigenvalue weighted by Crippen LogP contribution is 2.26. The van der Waals surface area contributed by atoms with Gasteiger partial charge in [-0.25, -0.2) is 4.79 Å². The Morgan fingerprint density at radius 3 is 2.67 bits per heavy atom. The van der Waals surface area contributed by atoms with Crippen molar-refractivity contribution < 1.29 is 23.1 Å². The molecule has 0 saturated carbocycles. The molecule has 6 heteroatoms. The maximum absolute atomic E-state index is 12.5. The van der Waals surface area contributed by atoms with E-state index in [1.807, 2.05) is 5.32 Å². The van der Waals surface area contributed by atoms with Crippen molar-refractivity contribution in [1.29, 1.82) is 0 Å². The monoisotopic (exact) mass is 179 g/mol. The number of methoxy groups -OCH3 is 1. The fourth-order valence-electron chi connectivity index (χ4n) is 0.948. The van der Waals surface area contributed by atoms with Crippen molar-refractivity contribution in [3.8, 4) is 0 Å². The van der Waals surface area contributed by atoms with Crippen LogP contribution in [0.15, 0.2) is 0 Å². The maximum Gasteiger partial charge on any atom is 0.328 e. The van der Waals surface area contributed by atoms with Crippen LogP contribution in [0.2, 0.25) is 0 Å². The number of amides is 1. The van der Waals surface area contributed by atoms with Crippen LogP contribution in [0.1, 0.15) is 6.42 Å². The van der Waals surface area contributed by atoms with E-state index in [4.69, 9.17) is 0 Å². The Morgan fingerprint density at radius 1 is 1.75 bits per heavy atom. The van der Waals surface area contributed by atoms with Gasteiger partial charge in [0, 0.05) is 0 Å². The third-order valence-electron chi connectivity index (χ3n) is 1.58. The first-order valence-electron chi connectivity index (χ1n) is 3.24. The van der Waals surface area contributed by atoms with Gasteiger partial charge in [0.25, 0.3) is 5.91 Å². The Labute approximate surface area is 66.9 Å². The standard InChI is InChI=1S/C6H7F2NO3/c1-12-4(10)3-2-6(7,8)5(11)9-3/h3H,2H2,1H3,(H,9,11)/t3-/m0/s1. The normalized spacial score (nSPS) is 26.6. The van der Waals surface area contributed by atoms with Crippen LogP contribution in [0.3, 0.4) is 0 Å². The molecule has 68 valence electrons. The molecule has 1 amide bonds. The molecule has 0 aromatic heterocycles. The van der Waals surface area contributed by atoms with Crippen molar-refractivity contribution in [3.05, 3.63) is 0 Å². The molecule has 0 aromatic rings. The highest BCUT2D eigenvalue weighted by molar-refractivity contribution is 5.92. The Hall–Kier alpha value is -1.20. The number of alkyl halides is 2. The van der Waals surface area contributed by atoms with Crippen LogP contribution < -0.4 is 5.32 Å². The molecular weight excluding hydrogens is 172 g/mol. The first-order valence-corrected chi connectivity index (χ1v) is 3.24. The van der Waals surface area contributed by atoms with E-state index in [1.165, 1.54) is 0 Å². The van der Waals surface area contributed by atoms with Gasteiger partial charge in [0.1, 0.15) is 6.04 Å². The van der Waals surface area contributed by atoms with Gasteiger partial charge in [-0.1, -0.05) is 0 Å². The lowest BCUT2D eigenvalue weighted by Gasteiger charge is -2.04. The van der Waals surface area contributed by atoms with Crippen LogP contribution in [0.4, 0.5) is 8.78 Å². The molecule has 0 aliphatic carbocycles. The lowest BCUT2D eigenvalue weighted by atomic mass is 10.2. The summed E-state index contributed by atoms with van der Waals surface area (Å²) in [6.07, 6.45) is -0.821. The number of esters is 1. The van der Waals surface area contributed by atoms with E-state index in [0.29, 0.717) is 0 Å². The predicted octanol–water partition coefficient (Wildman–Crippen LogP) is -0.317. The smallest absolute Gasteiger partial charge is 0.328 e. The highest BCUT2D eigenvalue weighted by Gasteiger charge is 2.50. The van der Waals surface area contributed by atoms with Crippen molar-refractivity contribution in [1.82, 2.24) is 5.32 Å². The third kappa shape index (κ3) is 1.37. The van der Waals surface area contributed by atoms with Crippen LogP contribution in [-0.2, 0) is 14.3 Å². The lowest BCUT2D eigenvalue weighted by Crippen LogP contribution is -2.34.